The third-order valence-corrected chi connectivity index (χ3v) is 7.22. The number of carbonyl (C=O) groups excluding carboxylic acids is 2. The largest absolute Gasteiger partial charge is 0.316 e. The molecule has 3 heterocycles. The standard InChI is InChI=1S/C20H17ClN2O2S/c21-13-6-4-5-12(9-13)18-17-16(15-10-26-11-22(15)18)19(24)23(20(17)25)14-7-2-1-3-8-14/h1-9,15-18H,10-11H2/p+1/t15-,16-,17-,18-/m1/s1. The van der Waals surface area contributed by atoms with Gasteiger partial charge in [0.2, 0.25) is 11.8 Å². The van der Waals surface area contributed by atoms with Gasteiger partial charge in [0, 0.05) is 10.6 Å². The monoisotopic (exact) mass is 385 g/mol. The highest BCUT2D eigenvalue weighted by molar-refractivity contribution is 7.99. The zero-order chi connectivity index (χ0) is 17.8. The molecule has 1 unspecified atom stereocenters. The van der Waals surface area contributed by atoms with Crippen LogP contribution in [0, 0.1) is 11.8 Å². The highest BCUT2D eigenvalue weighted by Gasteiger charge is 2.66. The minimum atomic E-state index is -0.304. The number of carbonyl (C=O) groups is 2. The average molecular weight is 386 g/mol. The second kappa shape index (κ2) is 6.12. The number of imide groups is 1. The number of quaternary nitrogens is 1. The number of fused-ring (bicyclic) bond motifs is 3. The quantitative estimate of drug-likeness (QED) is 0.805. The molecule has 2 aromatic rings. The van der Waals surface area contributed by atoms with Crippen LogP contribution in [0.4, 0.5) is 5.69 Å². The Balaban J connectivity index is 1.60. The first-order chi connectivity index (χ1) is 12.7. The molecule has 0 saturated carbocycles. The third kappa shape index (κ3) is 2.27. The summed E-state index contributed by atoms with van der Waals surface area (Å²) in [6.07, 6.45) is 0. The molecule has 3 aliphatic rings. The zero-order valence-corrected chi connectivity index (χ0v) is 15.5. The smallest absolute Gasteiger partial charge is 0.244 e. The van der Waals surface area contributed by atoms with Crippen molar-refractivity contribution >= 4 is 40.9 Å². The Morgan fingerprint density at radius 2 is 1.77 bits per heavy atom. The van der Waals surface area contributed by atoms with Crippen LogP contribution in [-0.4, -0.2) is 29.5 Å². The maximum Gasteiger partial charge on any atom is 0.244 e. The van der Waals surface area contributed by atoms with Gasteiger partial charge in [-0.25, -0.2) is 4.90 Å². The van der Waals surface area contributed by atoms with Crippen molar-refractivity contribution in [2.45, 2.75) is 12.1 Å². The lowest BCUT2D eigenvalue weighted by molar-refractivity contribution is -0.924. The van der Waals surface area contributed by atoms with Gasteiger partial charge in [0.1, 0.15) is 29.8 Å². The van der Waals surface area contributed by atoms with E-state index in [4.69, 9.17) is 11.6 Å². The molecule has 26 heavy (non-hydrogen) atoms. The first kappa shape index (κ1) is 16.4. The van der Waals surface area contributed by atoms with Crippen molar-refractivity contribution in [3.05, 3.63) is 65.2 Å². The number of amides is 2. The van der Waals surface area contributed by atoms with Gasteiger partial charge in [-0.2, -0.15) is 0 Å². The van der Waals surface area contributed by atoms with E-state index in [0.717, 1.165) is 17.2 Å². The van der Waals surface area contributed by atoms with Gasteiger partial charge in [0.15, 0.2) is 0 Å². The molecule has 0 radical (unpaired) electrons. The Hall–Kier alpha value is -1.82. The van der Waals surface area contributed by atoms with Crippen molar-refractivity contribution in [2.75, 3.05) is 16.5 Å². The van der Waals surface area contributed by atoms with Crippen LogP contribution in [0.2, 0.25) is 5.02 Å². The lowest BCUT2D eigenvalue weighted by atomic mass is 9.87. The van der Waals surface area contributed by atoms with Gasteiger partial charge in [-0.15, -0.1) is 0 Å². The molecule has 1 N–H and O–H groups in total. The van der Waals surface area contributed by atoms with Gasteiger partial charge in [0.25, 0.3) is 0 Å². The number of anilines is 1. The average Bonchev–Trinajstić information content (AvgIpc) is 3.28. The molecular weight excluding hydrogens is 368 g/mol. The summed E-state index contributed by atoms with van der Waals surface area (Å²) in [7, 11) is 0. The molecule has 0 bridgehead atoms. The summed E-state index contributed by atoms with van der Waals surface area (Å²) in [6.45, 7) is 0. The molecule has 2 amide bonds. The minimum absolute atomic E-state index is 0.0103. The number of thioether (sulfide) groups is 1. The van der Waals surface area contributed by atoms with Gasteiger partial charge < -0.3 is 4.90 Å². The second-order valence-electron chi connectivity index (χ2n) is 7.13. The number of benzene rings is 2. The molecule has 132 valence electrons. The topological polar surface area (TPSA) is 41.8 Å². The first-order valence-corrected chi connectivity index (χ1v) is 10.3. The number of rotatable bonds is 2. The van der Waals surface area contributed by atoms with E-state index in [2.05, 4.69) is 0 Å². The summed E-state index contributed by atoms with van der Waals surface area (Å²) in [5.41, 5.74) is 1.73. The highest BCUT2D eigenvalue weighted by atomic mass is 35.5. The van der Waals surface area contributed by atoms with Gasteiger partial charge in [0.05, 0.1) is 11.4 Å². The Morgan fingerprint density at radius 1 is 1.00 bits per heavy atom. The van der Waals surface area contributed by atoms with Crippen molar-refractivity contribution in [1.29, 1.82) is 0 Å². The summed E-state index contributed by atoms with van der Waals surface area (Å²) < 4.78 is 0. The van der Waals surface area contributed by atoms with E-state index >= 15 is 0 Å². The summed E-state index contributed by atoms with van der Waals surface area (Å²) in [5.74, 6) is 1.21. The van der Waals surface area contributed by atoms with Crippen LogP contribution in [0.3, 0.4) is 0 Å². The number of hydrogen-bond acceptors (Lipinski definition) is 3. The van der Waals surface area contributed by atoms with E-state index in [1.165, 1.54) is 9.80 Å². The lowest BCUT2D eigenvalue weighted by Crippen LogP contribution is -3.12. The van der Waals surface area contributed by atoms with E-state index in [1.54, 1.807) is 0 Å². The summed E-state index contributed by atoms with van der Waals surface area (Å²) >= 11 is 8.09. The molecule has 6 heteroatoms. The molecular formula is C20H18ClN2O2S+. The Labute approximate surface area is 161 Å². The fraction of sp³-hybridized carbons (Fsp3) is 0.300. The summed E-state index contributed by atoms with van der Waals surface area (Å²) in [5, 5.41) is 0.672. The normalized spacial score (nSPS) is 32.8. The van der Waals surface area contributed by atoms with Gasteiger partial charge >= 0.3 is 0 Å². The van der Waals surface area contributed by atoms with E-state index in [9.17, 15) is 9.59 Å². The fourth-order valence-electron chi connectivity index (χ4n) is 4.84. The molecule has 0 aliphatic carbocycles. The maximum atomic E-state index is 13.3. The predicted octanol–water partition coefficient (Wildman–Crippen LogP) is 2.16. The number of nitrogens with one attached hydrogen (secondary N) is 1. The van der Waals surface area contributed by atoms with Crippen LogP contribution >= 0.6 is 23.4 Å². The SMILES string of the molecule is O=C1[C@@H]2[C@H](C(=O)N1c1ccccc1)[C@H]1CSC[NH+]1[C@@H]2c1cccc(Cl)c1. The van der Waals surface area contributed by atoms with Crippen LogP contribution in [0.1, 0.15) is 11.6 Å². The first-order valence-electron chi connectivity index (χ1n) is 8.78. The third-order valence-electron chi connectivity index (χ3n) is 5.85. The molecule has 4 nitrogen and oxygen atoms in total. The molecule has 0 aromatic heterocycles. The zero-order valence-electron chi connectivity index (χ0n) is 14.0. The van der Waals surface area contributed by atoms with E-state index in [1.807, 2.05) is 66.4 Å². The van der Waals surface area contributed by atoms with Crippen LogP contribution in [0.5, 0.6) is 0 Å². The van der Waals surface area contributed by atoms with Crippen molar-refractivity contribution in [1.82, 2.24) is 0 Å². The van der Waals surface area contributed by atoms with Gasteiger partial charge in [-0.05, 0) is 24.3 Å². The fourth-order valence-corrected chi connectivity index (χ4v) is 6.46. The van der Waals surface area contributed by atoms with Crippen LogP contribution in [-0.2, 0) is 9.59 Å². The van der Waals surface area contributed by atoms with Crippen molar-refractivity contribution in [3.8, 4) is 0 Å². The molecule has 5 atom stereocenters. The minimum Gasteiger partial charge on any atom is -0.316 e. The van der Waals surface area contributed by atoms with Crippen LogP contribution in [0.25, 0.3) is 0 Å². The number of para-hydroxylation sites is 1. The molecule has 5 rings (SSSR count). The van der Waals surface area contributed by atoms with E-state index < -0.39 is 0 Å². The van der Waals surface area contributed by atoms with Crippen LogP contribution in [0.15, 0.2) is 54.6 Å². The molecule has 2 aromatic carbocycles. The molecule has 3 aliphatic heterocycles. The molecule has 0 spiro atoms. The number of hydrogen-bond donors (Lipinski definition) is 1. The summed E-state index contributed by atoms with van der Waals surface area (Å²) in [6, 6.07) is 17.2. The van der Waals surface area contributed by atoms with Crippen LogP contribution < -0.4 is 9.80 Å². The summed E-state index contributed by atoms with van der Waals surface area (Å²) in [4.78, 5) is 29.3. The maximum absolute atomic E-state index is 13.3. The van der Waals surface area contributed by atoms with E-state index in [-0.39, 0.29) is 35.7 Å². The Bertz CT molecular complexity index is 890. The van der Waals surface area contributed by atoms with Crippen molar-refractivity contribution in [2.24, 2.45) is 11.8 Å². The lowest BCUT2D eigenvalue weighted by Gasteiger charge is -2.25. The molecule has 3 fully saturated rings. The number of halogens is 1. The van der Waals surface area contributed by atoms with Gasteiger partial charge in [-0.3, -0.25) is 9.59 Å². The highest BCUT2D eigenvalue weighted by Crippen LogP contribution is 2.44. The van der Waals surface area contributed by atoms with Gasteiger partial charge in [-0.1, -0.05) is 53.7 Å². The molecule has 3 saturated heterocycles. The Morgan fingerprint density at radius 3 is 2.54 bits per heavy atom. The second-order valence-corrected chi connectivity index (χ2v) is 8.59. The van der Waals surface area contributed by atoms with E-state index in [0.29, 0.717) is 10.7 Å². The van der Waals surface area contributed by atoms with Crippen molar-refractivity contribution in [3.63, 3.8) is 0 Å². The number of nitrogens with zero attached hydrogens (tertiary/aromatic N) is 1. The predicted molar refractivity (Wildman–Crippen MR) is 102 cm³/mol. The Kier molecular flexibility index (Phi) is 3.85. The van der Waals surface area contributed by atoms with Crippen molar-refractivity contribution < 1.29 is 14.5 Å².